The zero-order valence-electron chi connectivity index (χ0n) is 13.1. The van der Waals surface area contributed by atoms with E-state index in [4.69, 9.17) is 5.11 Å². The van der Waals surface area contributed by atoms with E-state index in [9.17, 15) is 14.4 Å². The number of hydrogen-bond donors (Lipinski definition) is 1. The van der Waals surface area contributed by atoms with Crippen LogP contribution in [0.25, 0.3) is 10.8 Å². The van der Waals surface area contributed by atoms with Gasteiger partial charge in [0, 0.05) is 0 Å². The van der Waals surface area contributed by atoms with Crippen molar-refractivity contribution in [3.05, 3.63) is 77.4 Å². The van der Waals surface area contributed by atoms with Gasteiger partial charge in [0.25, 0.3) is 11.7 Å². The summed E-state index contributed by atoms with van der Waals surface area (Å²) < 4.78 is 0. The molecule has 3 aromatic carbocycles. The first-order chi connectivity index (χ1) is 12.0. The van der Waals surface area contributed by atoms with Gasteiger partial charge < -0.3 is 10.0 Å². The van der Waals surface area contributed by atoms with E-state index in [0.717, 1.165) is 16.3 Å². The summed E-state index contributed by atoms with van der Waals surface area (Å²) in [5, 5.41) is 11.2. The maximum absolute atomic E-state index is 12.3. The zero-order chi connectivity index (χ0) is 17.6. The molecule has 5 heteroatoms. The first-order valence-corrected chi connectivity index (χ1v) is 7.76. The quantitative estimate of drug-likeness (QED) is 0.748. The Kier molecular flexibility index (Phi) is 3.35. The molecule has 0 unspecified atom stereocenters. The minimum atomic E-state index is -1.13. The molecule has 3 aromatic rings. The van der Waals surface area contributed by atoms with E-state index in [-0.39, 0.29) is 17.7 Å². The number of carboxylic acids is 1. The molecular weight excluding hydrogens is 318 g/mol. The fraction of sp³-hybridized carbons (Fsp3) is 0.0500. The lowest BCUT2D eigenvalue weighted by Gasteiger charge is -2.17. The van der Waals surface area contributed by atoms with Crippen molar-refractivity contribution < 1.29 is 19.5 Å². The number of aromatic carboxylic acids is 1. The van der Waals surface area contributed by atoms with Crippen molar-refractivity contribution in [3.63, 3.8) is 0 Å². The fourth-order valence-corrected chi connectivity index (χ4v) is 3.11. The van der Waals surface area contributed by atoms with Gasteiger partial charge in [0.05, 0.1) is 23.4 Å². The smallest absolute Gasteiger partial charge is 0.335 e. The van der Waals surface area contributed by atoms with Crippen LogP contribution in [0.2, 0.25) is 0 Å². The summed E-state index contributed by atoms with van der Waals surface area (Å²) in [6, 6.07) is 18.0. The Morgan fingerprint density at radius 2 is 1.68 bits per heavy atom. The Morgan fingerprint density at radius 1 is 0.920 bits per heavy atom. The number of rotatable bonds is 3. The van der Waals surface area contributed by atoms with Gasteiger partial charge in [0.1, 0.15) is 0 Å². The van der Waals surface area contributed by atoms with Crippen LogP contribution < -0.4 is 4.90 Å². The van der Waals surface area contributed by atoms with Crippen LogP contribution in [0, 0.1) is 0 Å². The number of hydrogen-bond acceptors (Lipinski definition) is 3. The van der Waals surface area contributed by atoms with Gasteiger partial charge in [-0.15, -0.1) is 0 Å². The predicted octanol–water partition coefficient (Wildman–Crippen LogP) is 3.27. The molecule has 0 fully saturated rings. The molecule has 1 aliphatic heterocycles. The van der Waals surface area contributed by atoms with Gasteiger partial charge in [-0.3, -0.25) is 9.59 Å². The van der Waals surface area contributed by atoms with E-state index in [1.54, 1.807) is 0 Å². The third-order valence-corrected chi connectivity index (χ3v) is 4.37. The summed E-state index contributed by atoms with van der Waals surface area (Å²) in [5.74, 6) is -2.43. The third-order valence-electron chi connectivity index (χ3n) is 4.37. The molecule has 122 valence electrons. The van der Waals surface area contributed by atoms with Crippen molar-refractivity contribution in [2.45, 2.75) is 6.54 Å². The fourth-order valence-electron chi connectivity index (χ4n) is 3.11. The molecule has 1 amide bonds. The molecule has 0 saturated heterocycles. The Labute approximate surface area is 143 Å². The molecule has 25 heavy (non-hydrogen) atoms. The van der Waals surface area contributed by atoms with E-state index in [1.807, 2.05) is 42.5 Å². The van der Waals surface area contributed by atoms with Crippen molar-refractivity contribution in [3.8, 4) is 0 Å². The highest BCUT2D eigenvalue weighted by Gasteiger charge is 2.36. The number of benzene rings is 3. The Hall–Kier alpha value is -3.47. The molecule has 0 radical (unpaired) electrons. The number of carboxylic acid groups (broad SMARTS) is 1. The van der Waals surface area contributed by atoms with E-state index < -0.39 is 17.7 Å². The number of fused-ring (bicyclic) bond motifs is 2. The summed E-state index contributed by atoms with van der Waals surface area (Å²) in [6.07, 6.45) is 0. The molecule has 0 aromatic heterocycles. The largest absolute Gasteiger partial charge is 0.478 e. The molecule has 0 aliphatic carbocycles. The predicted molar refractivity (Wildman–Crippen MR) is 92.9 cm³/mol. The molecule has 0 atom stereocenters. The summed E-state index contributed by atoms with van der Waals surface area (Å²) in [5.41, 5.74) is 1.49. The second kappa shape index (κ2) is 5.56. The van der Waals surface area contributed by atoms with Gasteiger partial charge in [-0.05, 0) is 40.6 Å². The number of carbonyl (C=O) groups excluding carboxylic acids is 2. The zero-order valence-corrected chi connectivity index (χ0v) is 13.1. The lowest BCUT2D eigenvalue weighted by Crippen LogP contribution is -2.29. The van der Waals surface area contributed by atoms with E-state index in [2.05, 4.69) is 0 Å². The third kappa shape index (κ3) is 2.46. The second-order valence-electron chi connectivity index (χ2n) is 5.94. The van der Waals surface area contributed by atoms with Crippen molar-refractivity contribution in [2.75, 3.05) is 4.90 Å². The van der Waals surface area contributed by atoms with Crippen LogP contribution in [0.3, 0.4) is 0 Å². The van der Waals surface area contributed by atoms with Crippen molar-refractivity contribution >= 4 is 34.1 Å². The lowest BCUT2D eigenvalue weighted by atomic mass is 10.1. The topological polar surface area (TPSA) is 74.7 Å². The lowest BCUT2D eigenvalue weighted by molar-refractivity contribution is -0.114. The maximum atomic E-state index is 12.3. The van der Waals surface area contributed by atoms with Crippen LogP contribution in [-0.4, -0.2) is 22.8 Å². The minimum Gasteiger partial charge on any atom is -0.478 e. The first-order valence-electron chi connectivity index (χ1n) is 7.76. The number of anilines is 1. The summed E-state index contributed by atoms with van der Waals surface area (Å²) in [6.45, 7) is 0.259. The molecule has 0 saturated carbocycles. The van der Waals surface area contributed by atoms with E-state index in [0.29, 0.717) is 5.69 Å². The minimum absolute atomic E-state index is 0.00699. The average Bonchev–Trinajstić information content (AvgIpc) is 2.86. The van der Waals surface area contributed by atoms with Crippen LogP contribution in [0.1, 0.15) is 26.3 Å². The highest BCUT2D eigenvalue weighted by Crippen LogP contribution is 2.31. The van der Waals surface area contributed by atoms with Crippen molar-refractivity contribution in [2.24, 2.45) is 0 Å². The van der Waals surface area contributed by atoms with Crippen LogP contribution in [0.15, 0.2) is 60.7 Å². The maximum Gasteiger partial charge on any atom is 0.335 e. The normalized spacial score (nSPS) is 13.4. The monoisotopic (exact) mass is 331 g/mol. The highest BCUT2D eigenvalue weighted by atomic mass is 16.4. The molecule has 1 N–H and O–H groups in total. The van der Waals surface area contributed by atoms with Crippen LogP contribution in [-0.2, 0) is 11.3 Å². The molecule has 1 heterocycles. The molecule has 5 nitrogen and oxygen atoms in total. The van der Waals surface area contributed by atoms with E-state index in [1.165, 1.54) is 23.1 Å². The van der Waals surface area contributed by atoms with Gasteiger partial charge in [-0.25, -0.2) is 4.79 Å². The Balaban J connectivity index is 1.72. The molecule has 0 spiro atoms. The van der Waals surface area contributed by atoms with Crippen LogP contribution in [0.5, 0.6) is 0 Å². The second-order valence-corrected chi connectivity index (χ2v) is 5.94. The van der Waals surface area contributed by atoms with Gasteiger partial charge in [0.2, 0.25) is 0 Å². The average molecular weight is 331 g/mol. The van der Waals surface area contributed by atoms with Crippen LogP contribution >= 0.6 is 0 Å². The summed E-state index contributed by atoms with van der Waals surface area (Å²) in [7, 11) is 0. The molecule has 0 bridgehead atoms. The van der Waals surface area contributed by atoms with Gasteiger partial charge in [0.15, 0.2) is 0 Å². The Bertz CT molecular complexity index is 1050. The summed E-state index contributed by atoms with van der Waals surface area (Å²) >= 11 is 0. The van der Waals surface area contributed by atoms with Crippen molar-refractivity contribution in [1.82, 2.24) is 0 Å². The number of Topliss-reactive ketones (excluding diaryl/α,β-unsaturated/α-hetero) is 1. The van der Waals surface area contributed by atoms with Gasteiger partial charge >= 0.3 is 5.97 Å². The number of amides is 1. The standard InChI is InChI=1S/C20H13NO4/c22-18-16-10-15(20(24)25)7-8-17(16)21(19(18)23)11-12-5-6-13-3-1-2-4-14(13)9-12/h1-10H,11H2,(H,24,25). The molecule has 4 rings (SSSR count). The van der Waals surface area contributed by atoms with E-state index >= 15 is 0 Å². The highest BCUT2D eigenvalue weighted by molar-refractivity contribution is 6.52. The molecule has 1 aliphatic rings. The Morgan fingerprint density at radius 3 is 2.44 bits per heavy atom. The summed E-state index contributed by atoms with van der Waals surface area (Å²) in [4.78, 5) is 37.0. The van der Waals surface area contributed by atoms with Crippen molar-refractivity contribution in [1.29, 1.82) is 0 Å². The van der Waals surface area contributed by atoms with Gasteiger partial charge in [-0.2, -0.15) is 0 Å². The first kappa shape index (κ1) is 15.1. The van der Waals surface area contributed by atoms with Crippen LogP contribution in [0.4, 0.5) is 5.69 Å². The molecular formula is C20H13NO4. The number of carbonyl (C=O) groups is 3. The van der Waals surface area contributed by atoms with Gasteiger partial charge in [-0.1, -0.05) is 36.4 Å². The SMILES string of the molecule is O=C(O)c1ccc2c(c1)C(=O)C(=O)N2Cc1ccc2ccccc2c1. The number of nitrogens with zero attached hydrogens (tertiary/aromatic N) is 1. The number of ketones is 1.